The largest absolute Gasteiger partial charge is 0.346 e. The highest BCUT2D eigenvalue weighted by atomic mass is 16.1. The zero-order valence-electron chi connectivity index (χ0n) is 13.8. The van der Waals surface area contributed by atoms with Crippen LogP contribution in [-0.4, -0.2) is 20.7 Å². The van der Waals surface area contributed by atoms with Crippen molar-refractivity contribution in [3.05, 3.63) is 47.5 Å². The normalized spacial score (nSPS) is 15.4. The smallest absolute Gasteiger partial charge is 0.220 e. The van der Waals surface area contributed by atoms with E-state index in [2.05, 4.69) is 46.6 Å². The highest BCUT2D eigenvalue weighted by molar-refractivity contribution is 5.76. The van der Waals surface area contributed by atoms with E-state index in [1.807, 2.05) is 11.6 Å². The van der Waals surface area contributed by atoms with Crippen molar-refractivity contribution in [2.75, 3.05) is 0 Å². The highest BCUT2D eigenvalue weighted by Crippen LogP contribution is 2.28. The van der Waals surface area contributed by atoms with E-state index >= 15 is 0 Å². The number of hydrogen-bond acceptors (Lipinski definition) is 3. The molecule has 0 radical (unpaired) electrons. The van der Waals surface area contributed by atoms with Crippen LogP contribution in [0.5, 0.6) is 0 Å². The molecular weight excluding hydrogens is 288 g/mol. The molecule has 3 rings (SSSR count). The Morgan fingerprint density at radius 1 is 1.35 bits per heavy atom. The molecule has 1 aliphatic carbocycles. The number of rotatable bonds is 6. The Kier molecular flexibility index (Phi) is 4.74. The second kappa shape index (κ2) is 6.94. The summed E-state index contributed by atoms with van der Waals surface area (Å²) in [5.41, 5.74) is 2.78. The predicted molar refractivity (Wildman–Crippen MR) is 88.8 cm³/mol. The summed E-state index contributed by atoms with van der Waals surface area (Å²) in [4.78, 5) is 16.6. The second-order valence-corrected chi connectivity index (χ2v) is 6.38. The van der Waals surface area contributed by atoms with Gasteiger partial charge in [-0.05, 0) is 43.2 Å². The quantitative estimate of drug-likeness (QED) is 0.892. The SMILES string of the molecule is CCCn1ncnc1[C@H](C)NC(=O)CC1Cc2ccccc2C1. The van der Waals surface area contributed by atoms with Crippen LogP contribution in [0.4, 0.5) is 0 Å². The molecule has 1 aliphatic rings. The lowest BCUT2D eigenvalue weighted by Gasteiger charge is -2.16. The minimum atomic E-state index is -0.111. The molecule has 1 N–H and O–H groups in total. The van der Waals surface area contributed by atoms with Gasteiger partial charge in [-0.2, -0.15) is 5.10 Å². The van der Waals surface area contributed by atoms with Crippen molar-refractivity contribution in [2.24, 2.45) is 5.92 Å². The van der Waals surface area contributed by atoms with Crippen LogP contribution in [0.1, 0.15) is 49.7 Å². The number of carbonyl (C=O) groups is 1. The molecule has 1 atom stereocenters. The van der Waals surface area contributed by atoms with Crippen LogP contribution in [0.15, 0.2) is 30.6 Å². The molecule has 0 saturated carbocycles. The molecule has 0 aliphatic heterocycles. The fourth-order valence-electron chi connectivity index (χ4n) is 3.41. The molecule has 1 aromatic carbocycles. The fourth-order valence-corrected chi connectivity index (χ4v) is 3.41. The van der Waals surface area contributed by atoms with E-state index in [1.54, 1.807) is 6.33 Å². The Hall–Kier alpha value is -2.17. The van der Waals surface area contributed by atoms with Crippen molar-refractivity contribution in [2.45, 2.75) is 52.1 Å². The van der Waals surface area contributed by atoms with Crippen LogP contribution in [-0.2, 0) is 24.2 Å². The first kappa shape index (κ1) is 15.7. The maximum atomic E-state index is 12.4. The van der Waals surface area contributed by atoms with Crippen LogP contribution >= 0.6 is 0 Å². The van der Waals surface area contributed by atoms with E-state index in [9.17, 15) is 4.79 Å². The number of aromatic nitrogens is 3. The highest BCUT2D eigenvalue weighted by Gasteiger charge is 2.24. The van der Waals surface area contributed by atoms with Crippen LogP contribution in [0, 0.1) is 5.92 Å². The number of carbonyl (C=O) groups excluding carboxylic acids is 1. The first-order valence-corrected chi connectivity index (χ1v) is 8.41. The summed E-state index contributed by atoms with van der Waals surface area (Å²) in [7, 11) is 0. The fraction of sp³-hybridized carbons (Fsp3) is 0.500. The maximum absolute atomic E-state index is 12.4. The minimum absolute atomic E-state index is 0.0985. The molecule has 0 fully saturated rings. The van der Waals surface area contributed by atoms with Gasteiger partial charge in [0.25, 0.3) is 0 Å². The Labute approximate surface area is 137 Å². The topological polar surface area (TPSA) is 59.8 Å². The van der Waals surface area contributed by atoms with E-state index < -0.39 is 0 Å². The number of nitrogens with zero attached hydrogens (tertiary/aromatic N) is 3. The van der Waals surface area contributed by atoms with E-state index in [4.69, 9.17) is 0 Å². The monoisotopic (exact) mass is 312 g/mol. The Morgan fingerprint density at radius 3 is 2.70 bits per heavy atom. The molecule has 0 bridgehead atoms. The van der Waals surface area contributed by atoms with Crippen LogP contribution < -0.4 is 5.32 Å². The van der Waals surface area contributed by atoms with Crippen molar-refractivity contribution >= 4 is 5.91 Å². The molecule has 2 aromatic rings. The molecule has 1 aromatic heterocycles. The summed E-state index contributed by atoms with van der Waals surface area (Å²) < 4.78 is 1.87. The predicted octanol–water partition coefficient (Wildman–Crippen LogP) is 2.67. The molecule has 5 heteroatoms. The maximum Gasteiger partial charge on any atom is 0.220 e. The Bertz CT molecular complexity index is 654. The molecule has 0 saturated heterocycles. The summed E-state index contributed by atoms with van der Waals surface area (Å²) in [6.07, 6.45) is 5.13. The van der Waals surface area contributed by atoms with Gasteiger partial charge in [-0.25, -0.2) is 9.67 Å². The van der Waals surface area contributed by atoms with E-state index in [-0.39, 0.29) is 11.9 Å². The van der Waals surface area contributed by atoms with Crippen molar-refractivity contribution in [1.29, 1.82) is 0 Å². The third-order valence-corrected chi connectivity index (χ3v) is 4.46. The molecular formula is C18H24N4O. The molecule has 1 heterocycles. The van der Waals surface area contributed by atoms with Gasteiger partial charge in [0, 0.05) is 13.0 Å². The molecule has 0 unspecified atom stereocenters. The van der Waals surface area contributed by atoms with Gasteiger partial charge in [0.1, 0.15) is 12.2 Å². The van der Waals surface area contributed by atoms with Gasteiger partial charge in [0.15, 0.2) is 0 Å². The molecule has 122 valence electrons. The van der Waals surface area contributed by atoms with Crippen LogP contribution in [0.2, 0.25) is 0 Å². The second-order valence-electron chi connectivity index (χ2n) is 6.38. The van der Waals surface area contributed by atoms with E-state index in [0.29, 0.717) is 12.3 Å². The zero-order chi connectivity index (χ0) is 16.2. The van der Waals surface area contributed by atoms with Crippen molar-refractivity contribution in [1.82, 2.24) is 20.1 Å². The average molecular weight is 312 g/mol. The third kappa shape index (κ3) is 3.60. The molecule has 23 heavy (non-hydrogen) atoms. The van der Waals surface area contributed by atoms with Crippen molar-refractivity contribution < 1.29 is 4.79 Å². The van der Waals surface area contributed by atoms with Crippen molar-refractivity contribution in [3.8, 4) is 0 Å². The first-order valence-electron chi connectivity index (χ1n) is 8.41. The number of benzene rings is 1. The van der Waals surface area contributed by atoms with E-state index in [1.165, 1.54) is 11.1 Å². The van der Waals surface area contributed by atoms with Gasteiger partial charge < -0.3 is 5.32 Å². The van der Waals surface area contributed by atoms with Gasteiger partial charge in [-0.3, -0.25) is 4.79 Å². The lowest BCUT2D eigenvalue weighted by molar-refractivity contribution is -0.122. The summed E-state index contributed by atoms with van der Waals surface area (Å²) in [5, 5.41) is 7.29. The number of nitrogens with one attached hydrogen (secondary N) is 1. The van der Waals surface area contributed by atoms with Crippen molar-refractivity contribution in [3.63, 3.8) is 0 Å². The number of amides is 1. The van der Waals surface area contributed by atoms with Crippen LogP contribution in [0.25, 0.3) is 0 Å². The van der Waals surface area contributed by atoms with Gasteiger partial charge in [0.2, 0.25) is 5.91 Å². The van der Waals surface area contributed by atoms with Gasteiger partial charge >= 0.3 is 0 Å². The zero-order valence-corrected chi connectivity index (χ0v) is 13.8. The Balaban J connectivity index is 1.55. The van der Waals surface area contributed by atoms with Crippen LogP contribution in [0.3, 0.4) is 0 Å². The lowest BCUT2D eigenvalue weighted by Crippen LogP contribution is -2.30. The first-order chi connectivity index (χ1) is 11.2. The molecule has 1 amide bonds. The summed E-state index contributed by atoms with van der Waals surface area (Å²) in [6.45, 7) is 4.90. The molecule has 0 spiro atoms. The number of fused-ring (bicyclic) bond motifs is 1. The number of hydrogen-bond donors (Lipinski definition) is 1. The summed E-state index contributed by atoms with van der Waals surface area (Å²) >= 11 is 0. The summed E-state index contributed by atoms with van der Waals surface area (Å²) in [5.74, 6) is 1.34. The lowest BCUT2D eigenvalue weighted by atomic mass is 10.0. The Morgan fingerprint density at radius 2 is 2.04 bits per heavy atom. The van der Waals surface area contributed by atoms with Gasteiger partial charge in [-0.1, -0.05) is 31.2 Å². The van der Waals surface area contributed by atoms with Gasteiger partial charge in [0.05, 0.1) is 6.04 Å². The van der Waals surface area contributed by atoms with E-state index in [0.717, 1.165) is 31.6 Å². The molecule has 5 nitrogen and oxygen atoms in total. The minimum Gasteiger partial charge on any atom is -0.346 e. The third-order valence-electron chi connectivity index (χ3n) is 4.46. The number of aryl methyl sites for hydroxylation is 1. The average Bonchev–Trinajstić information content (AvgIpc) is 3.13. The summed E-state index contributed by atoms with van der Waals surface area (Å²) in [6, 6.07) is 8.38. The standard InChI is InChI=1S/C18H24N4O/c1-3-8-22-18(19-12-20-22)13(2)21-17(23)11-14-9-15-6-4-5-7-16(15)10-14/h4-7,12-14H,3,8-11H2,1-2H3,(H,21,23)/t13-/m0/s1. The van der Waals surface area contributed by atoms with Gasteiger partial charge in [-0.15, -0.1) is 0 Å².